The third-order valence-electron chi connectivity index (χ3n) is 3.74. The molecule has 1 heterocycles. The summed E-state index contributed by atoms with van der Waals surface area (Å²) in [6.45, 7) is 7.86. The molecule has 118 valence electrons. The molecule has 0 spiro atoms. The summed E-state index contributed by atoms with van der Waals surface area (Å²) in [5, 5.41) is 3.56. The first-order chi connectivity index (χ1) is 10.2. The number of methoxy groups -OCH3 is 2. The molecule has 0 aliphatic carbocycles. The van der Waals surface area contributed by atoms with Crippen LogP contribution >= 0.6 is 0 Å². The van der Waals surface area contributed by atoms with Crippen molar-refractivity contribution in [3.63, 3.8) is 0 Å². The molecule has 0 saturated carbocycles. The summed E-state index contributed by atoms with van der Waals surface area (Å²) < 4.78 is 16.0. The lowest BCUT2D eigenvalue weighted by Gasteiger charge is -2.29. The van der Waals surface area contributed by atoms with Gasteiger partial charge in [-0.25, -0.2) is 0 Å². The van der Waals surface area contributed by atoms with Crippen LogP contribution in [0.4, 0.5) is 0 Å². The summed E-state index contributed by atoms with van der Waals surface area (Å²) in [6, 6.07) is 6.47. The van der Waals surface area contributed by atoms with Crippen molar-refractivity contribution >= 4 is 0 Å². The summed E-state index contributed by atoms with van der Waals surface area (Å²) in [4.78, 5) is 2.44. The third kappa shape index (κ3) is 4.88. The Morgan fingerprint density at radius 3 is 2.57 bits per heavy atom. The molecule has 1 aliphatic rings. The van der Waals surface area contributed by atoms with E-state index in [1.807, 2.05) is 12.1 Å². The molecule has 2 rings (SSSR count). The molecule has 1 N–H and O–H groups in total. The normalized spacial score (nSPS) is 17.5. The molecular formula is C16H26N2O3. The van der Waals surface area contributed by atoms with E-state index in [-0.39, 0.29) is 0 Å². The largest absolute Gasteiger partial charge is 0.493 e. The molecule has 1 atom stereocenters. The summed E-state index contributed by atoms with van der Waals surface area (Å²) in [7, 11) is 3.32. The topological polar surface area (TPSA) is 43.0 Å². The lowest BCUT2D eigenvalue weighted by atomic mass is 10.2. The van der Waals surface area contributed by atoms with Crippen LogP contribution in [0.5, 0.6) is 11.5 Å². The molecule has 1 fully saturated rings. The number of benzene rings is 1. The number of hydrogen-bond donors (Lipinski definition) is 1. The van der Waals surface area contributed by atoms with E-state index in [9.17, 15) is 0 Å². The zero-order valence-corrected chi connectivity index (χ0v) is 13.2. The smallest absolute Gasteiger partial charge is 0.161 e. The first kappa shape index (κ1) is 16.1. The first-order valence-corrected chi connectivity index (χ1v) is 7.47. The van der Waals surface area contributed by atoms with Crippen molar-refractivity contribution in [2.45, 2.75) is 19.5 Å². The van der Waals surface area contributed by atoms with Crippen LogP contribution in [-0.4, -0.2) is 58.0 Å². The second-order valence-electron chi connectivity index (χ2n) is 5.38. The van der Waals surface area contributed by atoms with Crippen molar-refractivity contribution in [2.24, 2.45) is 0 Å². The standard InChI is InChI=1S/C16H26N2O3/c1-13(12-18-6-8-21-9-7-18)17-11-14-4-5-15(19-2)16(10-14)20-3/h4-5,10,13,17H,6-9,11-12H2,1-3H3. The van der Waals surface area contributed by atoms with Crippen LogP contribution in [0.25, 0.3) is 0 Å². The highest BCUT2D eigenvalue weighted by atomic mass is 16.5. The van der Waals surface area contributed by atoms with Gasteiger partial charge < -0.3 is 19.5 Å². The fourth-order valence-electron chi connectivity index (χ4n) is 2.52. The molecule has 5 heteroatoms. The number of rotatable bonds is 7. The zero-order chi connectivity index (χ0) is 15.1. The van der Waals surface area contributed by atoms with Gasteiger partial charge in [-0.05, 0) is 24.6 Å². The molecule has 1 saturated heterocycles. The molecular weight excluding hydrogens is 268 g/mol. The lowest BCUT2D eigenvalue weighted by molar-refractivity contribution is 0.0343. The van der Waals surface area contributed by atoms with E-state index < -0.39 is 0 Å². The Labute approximate surface area is 127 Å². The Morgan fingerprint density at radius 2 is 1.90 bits per heavy atom. The predicted molar refractivity (Wildman–Crippen MR) is 83.1 cm³/mol. The van der Waals surface area contributed by atoms with Gasteiger partial charge in [0.1, 0.15) is 0 Å². The highest BCUT2D eigenvalue weighted by molar-refractivity contribution is 5.42. The van der Waals surface area contributed by atoms with Crippen LogP contribution in [0, 0.1) is 0 Å². The molecule has 0 bridgehead atoms. The summed E-state index contributed by atoms with van der Waals surface area (Å²) in [6.07, 6.45) is 0. The molecule has 1 aromatic carbocycles. The third-order valence-corrected chi connectivity index (χ3v) is 3.74. The zero-order valence-electron chi connectivity index (χ0n) is 13.2. The SMILES string of the molecule is COc1ccc(CNC(C)CN2CCOCC2)cc1OC. The fourth-order valence-corrected chi connectivity index (χ4v) is 2.52. The molecule has 1 aliphatic heterocycles. The monoisotopic (exact) mass is 294 g/mol. The number of hydrogen-bond acceptors (Lipinski definition) is 5. The van der Waals surface area contributed by atoms with Crippen LogP contribution in [0.1, 0.15) is 12.5 Å². The van der Waals surface area contributed by atoms with Crippen molar-refractivity contribution in [3.8, 4) is 11.5 Å². The van der Waals surface area contributed by atoms with E-state index in [0.717, 1.165) is 50.9 Å². The maximum Gasteiger partial charge on any atom is 0.161 e. The average molecular weight is 294 g/mol. The van der Waals surface area contributed by atoms with Crippen LogP contribution in [0.15, 0.2) is 18.2 Å². The van der Waals surface area contributed by atoms with Crippen LogP contribution in [0.2, 0.25) is 0 Å². The number of nitrogens with zero attached hydrogens (tertiary/aromatic N) is 1. The molecule has 1 unspecified atom stereocenters. The van der Waals surface area contributed by atoms with E-state index in [0.29, 0.717) is 6.04 Å². The van der Waals surface area contributed by atoms with E-state index in [2.05, 4.69) is 23.2 Å². The van der Waals surface area contributed by atoms with E-state index in [1.54, 1.807) is 14.2 Å². The highest BCUT2D eigenvalue weighted by Crippen LogP contribution is 2.27. The molecule has 1 aromatic rings. The van der Waals surface area contributed by atoms with Gasteiger partial charge in [-0.1, -0.05) is 6.07 Å². The molecule has 0 radical (unpaired) electrons. The van der Waals surface area contributed by atoms with Crippen molar-refractivity contribution in [1.82, 2.24) is 10.2 Å². The lowest BCUT2D eigenvalue weighted by Crippen LogP contribution is -2.44. The van der Waals surface area contributed by atoms with Crippen LogP contribution in [0.3, 0.4) is 0 Å². The van der Waals surface area contributed by atoms with Gasteiger partial charge in [-0.15, -0.1) is 0 Å². The van der Waals surface area contributed by atoms with Crippen LogP contribution < -0.4 is 14.8 Å². The van der Waals surface area contributed by atoms with E-state index >= 15 is 0 Å². The van der Waals surface area contributed by atoms with Crippen molar-refractivity contribution in [3.05, 3.63) is 23.8 Å². The number of ether oxygens (including phenoxy) is 3. The predicted octanol–water partition coefficient (Wildman–Crippen LogP) is 1.51. The fraction of sp³-hybridized carbons (Fsp3) is 0.625. The summed E-state index contributed by atoms with van der Waals surface area (Å²) in [5.41, 5.74) is 1.20. The average Bonchev–Trinajstić information content (AvgIpc) is 2.53. The molecule has 21 heavy (non-hydrogen) atoms. The second kappa shape index (κ2) is 8.22. The molecule has 0 aromatic heterocycles. The van der Waals surface area contributed by atoms with E-state index in [4.69, 9.17) is 14.2 Å². The minimum absolute atomic E-state index is 0.441. The first-order valence-electron chi connectivity index (χ1n) is 7.47. The second-order valence-corrected chi connectivity index (χ2v) is 5.38. The Bertz CT molecular complexity index is 434. The summed E-state index contributed by atoms with van der Waals surface area (Å²) >= 11 is 0. The van der Waals surface area contributed by atoms with Gasteiger partial charge in [0.05, 0.1) is 27.4 Å². The van der Waals surface area contributed by atoms with E-state index in [1.165, 1.54) is 5.56 Å². The maximum atomic E-state index is 5.37. The highest BCUT2D eigenvalue weighted by Gasteiger charge is 2.13. The van der Waals surface area contributed by atoms with Gasteiger partial charge in [0.25, 0.3) is 0 Å². The maximum absolute atomic E-state index is 5.37. The quantitative estimate of drug-likeness (QED) is 0.826. The number of nitrogens with one attached hydrogen (secondary N) is 1. The van der Waals surface area contributed by atoms with Crippen molar-refractivity contribution in [1.29, 1.82) is 0 Å². The number of morpholine rings is 1. The molecule has 5 nitrogen and oxygen atoms in total. The van der Waals surface area contributed by atoms with Crippen LogP contribution in [-0.2, 0) is 11.3 Å². The van der Waals surface area contributed by atoms with Gasteiger partial charge >= 0.3 is 0 Å². The Morgan fingerprint density at radius 1 is 1.19 bits per heavy atom. The minimum atomic E-state index is 0.441. The molecule has 0 amide bonds. The minimum Gasteiger partial charge on any atom is -0.493 e. The van der Waals surface area contributed by atoms with Gasteiger partial charge in [-0.2, -0.15) is 0 Å². The summed E-state index contributed by atoms with van der Waals surface area (Å²) in [5.74, 6) is 1.54. The van der Waals surface area contributed by atoms with Gasteiger partial charge in [0, 0.05) is 32.2 Å². The Kier molecular flexibility index (Phi) is 6.29. The van der Waals surface area contributed by atoms with Gasteiger partial charge in [-0.3, -0.25) is 4.90 Å². The van der Waals surface area contributed by atoms with Crippen molar-refractivity contribution < 1.29 is 14.2 Å². The van der Waals surface area contributed by atoms with Gasteiger partial charge in [0.15, 0.2) is 11.5 Å². The Balaban J connectivity index is 1.81. The van der Waals surface area contributed by atoms with Crippen molar-refractivity contribution in [2.75, 3.05) is 47.1 Å². The Hall–Kier alpha value is -1.30. The van der Waals surface area contributed by atoms with Gasteiger partial charge in [0.2, 0.25) is 0 Å².